The maximum atomic E-state index is 11.7. The highest BCUT2D eigenvalue weighted by molar-refractivity contribution is 9.10. The predicted octanol–water partition coefficient (Wildman–Crippen LogP) is 4.17. The van der Waals surface area contributed by atoms with Gasteiger partial charge in [0.1, 0.15) is 11.6 Å². The van der Waals surface area contributed by atoms with Crippen LogP contribution in [-0.2, 0) is 4.79 Å². The van der Waals surface area contributed by atoms with Crippen molar-refractivity contribution in [1.29, 1.82) is 0 Å². The van der Waals surface area contributed by atoms with Gasteiger partial charge in [0.05, 0.1) is 5.02 Å². The molecule has 2 rings (SSSR count). The first-order valence-corrected chi connectivity index (χ1v) is 7.09. The molecule has 0 atom stereocenters. The molecule has 2 aromatic rings. The third-order valence-electron chi connectivity index (χ3n) is 2.25. The average Bonchev–Trinajstić information content (AvgIpc) is 2.40. The lowest BCUT2D eigenvalue weighted by atomic mass is 10.3. The summed E-state index contributed by atoms with van der Waals surface area (Å²) in [5.41, 5.74) is 0. The molecule has 0 saturated carbocycles. The summed E-state index contributed by atoms with van der Waals surface area (Å²) in [4.78, 5) is 15.7. The van der Waals surface area contributed by atoms with Gasteiger partial charge in [-0.25, -0.2) is 4.98 Å². The van der Waals surface area contributed by atoms with E-state index >= 15 is 0 Å². The fourth-order valence-corrected chi connectivity index (χ4v) is 2.06. The number of nitrogens with one attached hydrogen (secondary N) is 1. The Morgan fingerprint density at radius 1 is 1.30 bits per heavy atom. The first kappa shape index (κ1) is 15.1. The van der Waals surface area contributed by atoms with Crippen molar-refractivity contribution >= 4 is 50.9 Å². The highest BCUT2D eigenvalue weighted by Crippen LogP contribution is 2.27. The van der Waals surface area contributed by atoms with Crippen LogP contribution in [0.5, 0.6) is 5.75 Å². The maximum Gasteiger partial charge on any atom is 0.263 e. The number of rotatable bonds is 4. The molecule has 0 aliphatic carbocycles. The van der Waals surface area contributed by atoms with E-state index in [0.29, 0.717) is 21.6 Å². The van der Waals surface area contributed by atoms with E-state index in [1.165, 1.54) is 0 Å². The number of anilines is 1. The zero-order valence-corrected chi connectivity index (χ0v) is 13.2. The minimum absolute atomic E-state index is 0.168. The monoisotopic (exact) mass is 374 g/mol. The molecule has 0 saturated heterocycles. The van der Waals surface area contributed by atoms with Crippen LogP contribution in [0.2, 0.25) is 10.0 Å². The Balaban J connectivity index is 1.90. The van der Waals surface area contributed by atoms with Crippen LogP contribution in [0.3, 0.4) is 0 Å². The summed E-state index contributed by atoms with van der Waals surface area (Å²) < 4.78 is 6.14. The highest BCUT2D eigenvalue weighted by atomic mass is 79.9. The van der Waals surface area contributed by atoms with Gasteiger partial charge >= 0.3 is 0 Å². The number of aromatic nitrogens is 1. The molecule has 20 heavy (non-hydrogen) atoms. The minimum atomic E-state index is -0.328. The molecule has 0 bridgehead atoms. The van der Waals surface area contributed by atoms with Gasteiger partial charge in [-0.15, -0.1) is 0 Å². The standard InChI is InChI=1S/C13H9BrCl2N2O2/c14-8-1-4-12(17-6-8)18-13(19)7-20-11-3-2-9(15)5-10(11)16/h1-6H,7H2,(H,17,18,19). The van der Waals surface area contributed by atoms with Gasteiger partial charge in [-0.1, -0.05) is 23.2 Å². The number of amides is 1. The second-order valence-corrected chi connectivity index (χ2v) is 5.53. The highest BCUT2D eigenvalue weighted by Gasteiger charge is 2.07. The van der Waals surface area contributed by atoms with Crippen LogP contribution in [0.15, 0.2) is 41.0 Å². The fraction of sp³-hybridized carbons (Fsp3) is 0.0769. The van der Waals surface area contributed by atoms with Crippen LogP contribution in [0.4, 0.5) is 5.82 Å². The number of carbonyl (C=O) groups is 1. The van der Waals surface area contributed by atoms with Crippen molar-refractivity contribution in [1.82, 2.24) is 4.98 Å². The summed E-state index contributed by atoms with van der Waals surface area (Å²) in [6.45, 7) is -0.168. The molecule has 1 N–H and O–H groups in total. The number of hydrogen-bond donors (Lipinski definition) is 1. The van der Waals surface area contributed by atoms with E-state index in [2.05, 4.69) is 26.2 Å². The lowest BCUT2D eigenvalue weighted by Crippen LogP contribution is -2.20. The maximum absolute atomic E-state index is 11.7. The van der Waals surface area contributed by atoms with Gasteiger partial charge in [-0.3, -0.25) is 4.79 Å². The lowest BCUT2D eigenvalue weighted by molar-refractivity contribution is -0.118. The normalized spacial score (nSPS) is 10.2. The third-order valence-corrected chi connectivity index (χ3v) is 3.25. The SMILES string of the molecule is O=C(COc1ccc(Cl)cc1Cl)Nc1ccc(Br)cn1. The third kappa shape index (κ3) is 4.37. The van der Waals surface area contributed by atoms with Gasteiger partial charge in [0.15, 0.2) is 6.61 Å². The Kier molecular flexibility index (Phi) is 5.23. The van der Waals surface area contributed by atoms with Crippen molar-refractivity contribution in [2.75, 3.05) is 11.9 Å². The molecular formula is C13H9BrCl2N2O2. The number of hydrogen-bond acceptors (Lipinski definition) is 3. The van der Waals surface area contributed by atoms with E-state index in [0.717, 1.165) is 4.47 Å². The second-order valence-electron chi connectivity index (χ2n) is 3.77. The van der Waals surface area contributed by atoms with Crippen LogP contribution >= 0.6 is 39.1 Å². The average molecular weight is 376 g/mol. The first-order valence-electron chi connectivity index (χ1n) is 5.54. The number of ether oxygens (including phenoxy) is 1. The quantitative estimate of drug-likeness (QED) is 0.872. The summed E-state index contributed by atoms with van der Waals surface area (Å²) in [6.07, 6.45) is 1.59. The number of nitrogens with zero attached hydrogens (tertiary/aromatic N) is 1. The van der Waals surface area contributed by atoms with Gasteiger partial charge in [-0.2, -0.15) is 0 Å². The van der Waals surface area contributed by atoms with Crippen LogP contribution in [-0.4, -0.2) is 17.5 Å². The minimum Gasteiger partial charge on any atom is -0.482 e. The molecule has 0 aliphatic heterocycles. The van der Waals surface area contributed by atoms with Crippen molar-refractivity contribution in [3.05, 3.63) is 51.0 Å². The van der Waals surface area contributed by atoms with Crippen LogP contribution in [0.1, 0.15) is 0 Å². The number of pyridine rings is 1. The Labute approximate surface area is 134 Å². The number of carbonyl (C=O) groups excluding carboxylic acids is 1. The van der Waals surface area contributed by atoms with E-state index in [9.17, 15) is 4.79 Å². The van der Waals surface area contributed by atoms with Crippen LogP contribution in [0.25, 0.3) is 0 Å². The summed E-state index contributed by atoms with van der Waals surface area (Å²) in [5.74, 6) is 0.518. The summed E-state index contributed by atoms with van der Waals surface area (Å²) >= 11 is 15.0. The van der Waals surface area contributed by atoms with Crippen LogP contribution < -0.4 is 10.1 Å². The Morgan fingerprint density at radius 3 is 2.75 bits per heavy atom. The molecule has 0 aliphatic rings. The molecule has 7 heteroatoms. The Morgan fingerprint density at radius 2 is 2.10 bits per heavy atom. The van der Waals surface area contributed by atoms with Gasteiger partial charge in [-0.05, 0) is 46.3 Å². The van der Waals surface area contributed by atoms with E-state index in [-0.39, 0.29) is 12.5 Å². The van der Waals surface area contributed by atoms with Gasteiger partial charge in [0.2, 0.25) is 0 Å². The second kappa shape index (κ2) is 6.92. The molecule has 4 nitrogen and oxygen atoms in total. The number of benzene rings is 1. The summed E-state index contributed by atoms with van der Waals surface area (Å²) in [5, 5.41) is 3.46. The fourth-order valence-electron chi connectivity index (χ4n) is 1.36. The van der Waals surface area contributed by atoms with Crippen molar-refractivity contribution < 1.29 is 9.53 Å². The Hall–Kier alpha value is -1.30. The van der Waals surface area contributed by atoms with E-state index in [1.54, 1.807) is 36.5 Å². The summed E-state index contributed by atoms with van der Waals surface area (Å²) in [7, 11) is 0. The van der Waals surface area contributed by atoms with Crippen molar-refractivity contribution in [3.63, 3.8) is 0 Å². The zero-order chi connectivity index (χ0) is 14.5. The molecule has 1 aromatic heterocycles. The number of halogens is 3. The molecule has 104 valence electrons. The van der Waals surface area contributed by atoms with Gasteiger partial charge in [0, 0.05) is 15.7 Å². The van der Waals surface area contributed by atoms with E-state index in [4.69, 9.17) is 27.9 Å². The van der Waals surface area contributed by atoms with Crippen molar-refractivity contribution in [2.45, 2.75) is 0 Å². The molecule has 1 heterocycles. The predicted molar refractivity (Wildman–Crippen MR) is 82.5 cm³/mol. The smallest absolute Gasteiger partial charge is 0.263 e. The molecule has 1 amide bonds. The Bertz CT molecular complexity index is 620. The van der Waals surface area contributed by atoms with Crippen molar-refractivity contribution in [2.24, 2.45) is 0 Å². The van der Waals surface area contributed by atoms with E-state index < -0.39 is 0 Å². The van der Waals surface area contributed by atoms with Gasteiger partial charge in [0.25, 0.3) is 5.91 Å². The largest absolute Gasteiger partial charge is 0.482 e. The molecular weight excluding hydrogens is 367 g/mol. The summed E-state index contributed by atoms with van der Waals surface area (Å²) in [6, 6.07) is 8.25. The van der Waals surface area contributed by atoms with Crippen molar-refractivity contribution in [3.8, 4) is 5.75 Å². The molecule has 0 fully saturated rings. The van der Waals surface area contributed by atoms with E-state index in [1.807, 2.05) is 0 Å². The first-order chi connectivity index (χ1) is 9.54. The molecule has 0 radical (unpaired) electrons. The molecule has 0 unspecified atom stereocenters. The topological polar surface area (TPSA) is 51.2 Å². The van der Waals surface area contributed by atoms with Gasteiger partial charge < -0.3 is 10.1 Å². The zero-order valence-electron chi connectivity index (χ0n) is 10.1. The van der Waals surface area contributed by atoms with Crippen LogP contribution in [0, 0.1) is 0 Å². The lowest BCUT2D eigenvalue weighted by Gasteiger charge is -2.08. The molecule has 1 aromatic carbocycles. The molecule has 0 spiro atoms.